The van der Waals surface area contributed by atoms with Gasteiger partial charge in [-0.15, -0.1) is 0 Å². The molecular weight excluding hydrogens is 720 g/mol. The number of nitrogens with one attached hydrogen (secondary N) is 1. The molecule has 5 heterocycles. The number of para-hydroxylation sites is 1. The number of aromatic amines is 1. The maximum absolute atomic E-state index is 13.9. The van der Waals surface area contributed by atoms with Crippen molar-refractivity contribution in [2.24, 2.45) is 0 Å². The molecule has 4 aromatic carbocycles. The van der Waals surface area contributed by atoms with Gasteiger partial charge in [0.1, 0.15) is 4.90 Å². The van der Waals surface area contributed by atoms with Crippen LogP contribution in [0, 0.1) is 0 Å². The summed E-state index contributed by atoms with van der Waals surface area (Å²) in [6.45, 7) is 0. The minimum atomic E-state index is -4.86. The fourth-order valence-electron chi connectivity index (χ4n) is 7.06. The van der Waals surface area contributed by atoms with Crippen molar-refractivity contribution in [2.45, 2.75) is 4.90 Å². The molecule has 8 bridgehead atoms. The van der Waals surface area contributed by atoms with Gasteiger partial charge in [-0.3, -0.25) is 4.55 Å². The van der Waals surface area contributed by atoms with Gasteiger partial charge in [0.2, 0.25) is 0 Å². The molecule has 0 radical (unpaired) electrons. The van der Waals surface area contributed by atoms with Gasteiger partial charge in [-0.05, 0) is 77.4 Å². The molecule has 7 aromatic rings. The Hall–Kier alpha value is -6.09. The van der Waals surface area contributed by atoms with Gasteiger partial charge in [0, 0.05) is 50.5 Å². The Morgan fingerprint density at radius 3 is 1.66 bits per heavy atom. The average molecular weight is 751 g/mol. The predicted molar refractivity (Wildman–Crippen MR) is 209 cm³/mol. The molecule has 9 heteroatoms. The normalized spacial score (nSPS) is 12.3. The molecule has 2 N–H and O–H groups in total. The van der Waals surface area contributed by atoms with Crippen LogP contribution in [0.15, 0.2) is 157 Å². The van der Waals surface area contributed by atoms with Crippen LogP contribution < -0.4 is 0 Å². The van der Waals surface area contributed by atoms with Crippen molar-refractivity contribution in [3.05, 3.63) is 180 Å². The van der Waals surface area contributed by atoms with E-state index in [4.69, 9.17) is 9.97 Å². The third kappa shape index (κ3) is 6.37. The Kier molecular flexibility index (Phi) is 8.86. The minimum absolute atomic E-state index is 0. The molecule has 9 rings (SSSR count). The number of fused-ring (bicyclic) bond motifs is 8. The van der Waals surface area contributed by atoms with Crippen molar-refractivity contribution in [3.63, 3.8) is 0 Å². The van der Waals surface area contributed by atoms with Gasteiger partial charge in [0.25, 0.3) is 10.1 Å². The summed E-state index contributed by atoms with van der Waals surface area (Å²) in [5, 5.41) is 0. The summed E-state index contributed by atoms with van der Waals surface area (Å²) in [6.07, 6.45) is 5.79. The molecule has 0 fully saturated rings. The van der Waals surface area contributed by atoms with Crippen LogP contribution in [-0.2, 0) is 27.2 Å². The number of aromatic nitrogens is 4. The fraction of sp³-hybridized carbons (Fsp3) is 0. The van der Waals surface area contributed by atoms with E-state index in [1.165, 1.54) is 0 Å². The molecule has 3 aromatic heterocycles. The summed E-state index contributed by atoms with van der Waals surface area (Å²) in [5.74, 6) is 0. The summed E-state index contributed by atoms with van der Waals surface area (Å²) in [4.78, 5) is 13.4. The molecular formula is C44H30FeN4O3S. The molecule has 0 saturated heterocycles. The van der Waals surface area contributed by atoms with Gasteiger partial charge in [-0.1, -0.05) is 109 Å². The van der Waals surface area contributed by atoms with E-state index in [1.807, 2.05) is 162 Å². The fourth-order valence-corrected chi connectivity index (χ4v) is 7.94. The predicted octanol–water partition coefficient (Wildman–Crippen LogP) is 10.1. The zero-order valence-electron chi connectivity index (χ0n) is 28.0. The molecule has 53 heavy (non-hydrogen) atoms. The zero-order valence-corrected chi connectivity index (χ0v) is 30.0. The van der Waals surface area contributed by atoms with Crippen molar-refractivity contribution in [1.82, 2.24) is 19.5 Å². The first-order chi connectivity index (χ1) is 25.4. The topological polar surface area (TPSA) is 101 Å². The molecule has 258 valence electrons. The first-order valence-corrected chi connectivity index (χ1v) is 18.2. The number of H-pyrrole nitrogens is 1. The van der Waals surface area contributed by atoms with Crippen molar-refractivity contribution >= 4 is 56.0 Å². The number of hydrogen-bond acceptors (Lipinski definition) is 4. The second kappa shape index (κ2) is 13.8. The maximum atomic E-state index is 13.9. The van der Waals surface area contributed by atoms with Crippen molar-refractivity contribution in [3.8, 4) is 27.9 Å². The summed E-state index contributed by atoms with van der Waals surface area (Å²) < 4.78 is 41.1. The number of benzene rings is 4. The first-order valence-electron chi connectivity index (χ1n) is 16.8. The van der Waals surface area contributed by atoms with E-state index < -0.39 is 10.1 Å². The largest absolute Gasteiger partial charge is 0.355 e. The van der Waals surface area contributed by atoms with Crippen LogP contribution in [-0.4, -0.2) is 32.5 Å². The van der Waals surface area contributed by atoms with E-state index in [9.17, 15) is 13.0 Å². The third-order valence-corrected chi connectivity index (χ3v) is 10.1. The Bertz CT molecular complexity index is 2850. The second-order valence-corrected chi connectivity index (χ2v) is 14.0. The van der Waals surface area contributed by atoms with Gasteiger partial charge in [-0.2, -0.15) is 8.42 Å². The van der Waals surface area contributed by atoms with Crippen molar-refractivity contribution in [2.75, 3.05) is 0 Å². The third-order valence-electron chi connectivity index (χ3n) is 9.21. The van der Waals surface area contributed by atoms with E-state index in [2.05, 4.69) is 11.1 Å². The second-order valence-electron chi connectivity index (χ2n) is 12.6. The molecule has 2 aliphatic rings. The molecule has 0 aliphatic carbocycles. The van der Waals surface area contributed by atoms with Gasteiger partial charge >= 0.3 is 0 Å². The quantitative estimate of drug-likeness (QED) is 0.135. The zero-order chi connectivity index (χ0) is 35.2. The number of rotatable bonds is 5. The standard InChI is InChI=1S/C44H30N4O3S.Fe/c49-52(50,51)44-39-28-35-24-23-33(46-35)25-32-21-22-34(45-32)26-36-27-38(29-13-5-1-6-14-29)42(47-36)40(30-15-7-2-8-16-30)43(41(44)31-17-9-3-10-18-31)48(39)37-19-11-4-12-20-37;/h1-28,45H,(H,49,50,51);. The molecule has 0 saturated carbocycles. The van der Waals surface area contributed by atoms with Crippen LogP contribution in [0.25, 0.3) is 73.8 Å². The van der Waals surface area contributed by atoms with Gasteiger partial charge in [-0.25, -0.2) is 9.97 Å². The molecule has 0 spiro atoms. The van der Waals surface area contributed by atoms with Crippen LogP contribution in [0.1, 0.15) is 28.3 Å². The van der Waals surface area contributed by atoms with Crippen LogP contribution in [0.2, 0.25) is 0 Å². The molecule has 0 atom stereocenters. The Balaban J connectivity index is 0.00000400. The van der Waals surface area contributed by atoms with E-state index in [-0.39, 0.29) is 27.5 Å². The Morgan fingerprint density at radius 1 is 0.566 bits per heavy atom. The van der Waals surface area contributed by atoms with Gasteiger partial charge in [0.05, 0.1) is 33.8 Å². The minimum Gasteiger partial charge on any atom is -0.355 e. The Morgan fingerprint density at radius 2 is 1.08 bits per heavy atom. The van der Waals surface area contributed by atoms with E-state index in [1.54, 1.807) is 6.07 Å². The van der Waals surface area contributed by atoms with E-state index >= 15 is 0 Å². The summed E-state index contributed by atoms with van der Waals surface area (Å²) in [5.41, 5.74) is 10.1. The maximum Gasteiger partial charge on any atom is 0.297 e. The van der Waals surface area contributed by atoms with Gasteiger partial charge < -0.3 is 9.55 Å². The van der Waals surface area contributed by atoms with Crippen molar-refractivity contribution < 1.29 is 30.0 Å². The number of hydrogen-bond donors (Lipinski definition) is 2. The molecule has 7 nitrogen and oxygen atoms in total. The van der Waals surface area contributed by atoms with E-state index in [0.29, 0.717) is 45.0 Å². The van der Waals surface area contributed by atoms with Crippen molar-refractivity contribution in [1.29, 1.82) is 0 Å². The summed E-state index contributed by atoms with van der Waals surface area (Å²) in [7, 11) is -4.86. The van der Waals surface area contributed by atoms with E-state index in [0.717, 1.165) is 33.4 Å². The molecule has 2 aliphatic heterocycles. The monoisotopic (exact) mass is 750 g/mol. The number of nitrogens with zero attached hydrogens (tertiary/aromatic N) is 3. The van der Waals surface area contributed by atoms with Gasteiger partial charge in [0.15, 0.2) is 0 Å². The van der Waals surface area contributed by atoms with Crippen LogP contribution >= 0.6 is 0 Å². The summed E-state index contributed by atoms with van der Waals surface area (Å²) in [6, 6.07) is 48.5. The van der Waals surface area contributed by atoms with Crippen LogP contribution in [0.5, 0.6) is 0 Å². The molecule has 0 unspecified atom stereocenters. The smallest absolute Gasteiger partial charge is 0.297 e. The average Bonchev–Trinajstić information content (AvgIpc) is 3.97. The Labute approximate surface area is 316 Å². The van der Waals surface area contributed by atoms with Crippen LogP contribution in [0.4, 0.5) is 0 Å². The SMILES string of the molecule is O=S(=O)(O)c1c(-c2ccccc2)c2c(-c3ccccc3)c3nc(cc4ccc(cc5nc(cc1n2-c1ccccc1)C=C5)[nH]4)C=C3c1ccccc1.[Fe]. The summed E-state index contributed by atoms with van der Waals surface area (Å²) >= 11 is 0. The molecule has 0 amide bonds. The van der Waals surface area contributed by atoms with Crippen LogP contribution in [0.3, 0.4) is 0 Å². The first kappa shape index (κ1) is 34.0.